The summed E-state index contributed by atoms with van der Waals surface area (Å²) in [6, 6.07) is 1.34. The smallest absolute Gasteiger partial charge is 0.232 e. The van der Waals surface area contributed by atoms with E-state index in [1.54, 1.807) is 0 Å². The van der Waals surface area contributed by atoms with E-state index in [4.69, 9.17) is 5.11 Å². The minimum absolute atomic E-state index is 0.137. The second-order valence-electron chi connectivity index (χ2n) is 2.54. The predicted molar refractivity (Wildman–Crippen MR) is 47.2 cm³/mol. The number of carbonyl (C=O) groups excluding carboxylic acids is 1. The lowest BCUT2D eigenvalue weighted by atomic mass is 10.3. The van der Waals surface area contributed by atoms with E-state index in [-0.39, 0.29) is 17.7 Å². The van der Waals surface area contributed by atoms with Crippen LogP contribution in [-0.4, -0.2) is 21.0 Å². The molecule has 0 fully saturated rings. The van der Waals surface area contributed by atoms with Crippen LogP contribution in [0.15, 0.2) is 12.3 Å². The fraction of sp³-hybridized carbons (Fsp3) is 0.375. The number of hydrogen-bond acceptors (Lipinski definition) is 4. The van der Waals surface area contributed by atoms with Crippen LogP contribution in [0, 0.1) is 0 Å². The average molecular weight is 181 g/mol. The van der Waals surface area contributed by atoms with Gasteiger partial charge < -0.3 is 5.11 Å². The first kappa shape index (κ1) is 9.44. The van der Waals surface area contributed by atoms with E-state index in [9.17, 15) is 4.79 Å². The molecule has 1 heterocycles. The van der Waals surface area contributed by atoms with E-state index < -0.39 is 0 Å². The molecule has 1 rings (SSSR count). The lowest BCUT2D eigenvalue weighted by Gasteiger charge is -2.01. The summed E-state index contributed by atoms with van der Waals surface area (Å²) in [5.41, 5.74) is 0. The minimum atomic E-state index is -0.151. The maximum absolute atomic E-state index is 11.1. The van der Waals surface area contributed by atoms with Crippen molar-refractivity contribution in [2.24, 2.45) is 0 Å². The van der Waals surface area contributed by atoms with Gasteiger partial charge in [0.25, 0.3) is 0 Å². The molecule has 0 bridgehead atoms. The molecule has 0 aliphatic heterocycles. The number of anilines is 1. The molecule has 0 unspecified atom stereocenters. The van der Waals surface area contributed by atoms with Gasteiger partial charge in [-0.15, -0.1) is 0 Å². The standard InChI is InChI=1S/C8H11N3O2/c1-2-3-6(12)10-8-9-5-4-7(13)11-8/h4-5H,2-3H2,1H3,(H2,9,10,11,12,13). The van der Waals surface area contributed by atoms with Crippen molar-refractivity contribution in [3.63, 3.8) is 0 Å². The first-order valence-corrected chi connectivity index (χ1v) is 4.04. The molecule has 0 saturated carbocycles. The lowest BCUT2D eigenvalue weighted by Crippen LogP contribution is -2.12. The fourth-order valence-corrected chi connectivity index (χ4v) is 0.824. The summed E-state index contributed by atoms with van der Waals surface area (Å²) in [5.74, 6) is -0.159. The summed E-state index contributed by atoms with van der Waals surface area (Å²) in [6.07, 6.45) is 2.58. The van der Waals surface area contributed by atoms with Crippen molar-refractivity contribution in [1.29, 1.82) is 0 Å². The summed E-state index contributed by atoms with van der Waals surface area (Å²) >= 11 is 0. The van der Waals surface area contributed by atoms with Gasteiger partial charge in [-0.1, -0.05) is 6.92 Å². The minimum Gasteiger partial charge on any atom is -0.493 e. The van der Waals surface area contributed by atoms with Gasteiger partial charge in [-0.25, -0.2) is 4.98 Å². The zero-order valence-electron chi connectivity index (χ0n) is 7.32. The van der Waals surface area contributed by atoms with Gasteiger partial charge in [-0.05, 0) is 6.42 Å². The molecule has 1 aromatic rings. The Morgan fingerprint density at radius 1 is 1.69 bits per heavy atom. The Morgan fingerprint density at radius 3 is 3.08 bits per heavy atom. The molecule has 1 amide bonds. The van der Waals surface area contributed by atoms with Crippen LogP contribution in [0.1, 0.15) is 19.8 Å². The summed E-state index contributed by atoms with van der Waals surface area (Å²) in [7, 11) is 0. The van der Waals surface area contributed by atoms with Gasteiger partial charge in [0, 0.05) is 18.7 Å². The quantitative estimate of drug-likeness (QED) is 0.727. The first-order valence-electron chi connectivity index (χ1n) is 4.04. The molecule has 1 aromatic heterocycles. The molecule has 0 aliphatic carbocycles. The van der Waals surface area contributed by atoms with Crippen LogP contribution in [0.25, 0.3) is 0 Å². The Bertz CT molecular complexity index is 301. The maximum Gasteiger partial charge on any atom is 0.232 e. The van der Waals surface area contributed by atoms with Crippen molar-refractivity contribution >= 4 is 11.9 Å². The SMILES string of the molecule is CCCC(=O)Nc1nccc(O)n1. The van der Waals surface area contributed by atoms with E-state index >= 15 is 0 Å². The van der Waals surface area contributed by atoms with Crippen LogP contribution < -0.4 is 5.32 Å². The van der Waals surface area contributed by atoms with Crippen LogP contribution in [0.2, 0.25) is 0 Å². The Kier molecular flexibility index (Phi) is 3.19. The molecule has 0 spiro atoms. The normalized spacial score (nSPS) is 9.62. The van der Waals surface area contributed by atoms with Crippen molar-refractivity contribution in [1.82, 2.24) is 9.97 Å². The molecule has 5 nitrogen and oxygen atoms in total. The fourth-order valence-electron chi connectivity index (χ4n) is 0.824. The van der Waals surface area contributed by atoms with Crippen LogP contribution in [-0.2, 0) is 4.79 Å². The Labute approximate surface area is 75.8 Å². The molecular weight excluding hydrogens is 170 g/mol. The van der Waals surface area contributed by atoms with Crippen LogP contribution in [0.4, 0.5) is 5.95 Å². The third-order valence-corrected chi connectivity index (χ3v) is 1.37. The van der Waals surface area contributed by atoms with E-state index in [1.807, 2.05) is 6.92 Å². The largest absolute Gasteiger partial charge is 0.493 e. The number of rotatable bonds is 3. The van der Waals surface area contributed by atoms with Crippen LogP contribution in [0.5, 0.6) is 5.88 Å². The van der Waals surface area contributed by atoms with Crippen LogP contribution in [0.3, 0.4) is 0 Å². The number of aromatic nitrogens is 2. The zero-order valence-corrected chi connectivity index (χ0v) is 7.32. The van der Waals surface area contributed by atoms with Crippen molar-refractivity contribution in [3.05, 3.63) is 12.3 Å². The van der Waals surface area contributed by atoms with Gasteiger partial charge in [0.15, 0.2) is 0 Å². The molecule has 70 valence electrons. The van der Waals surface area contributed by atoms with Crippen molar-refractivity contribution in [2.45, 2.75) is 19.8 Å². The maximum atomic E-state index is 11.1. The topological polar surface area (TPSA) is 75.1 Å². The molecule has 0 atom stereocenters. The molecule has 2 N–H and O–H groups in total. The summed E-state index contributed by atoms with van der Waals surface area (Å²) in [6.45, 7) is 1.91. The summed E-state index contributed by atoms with van der Waals surface area (Å²) in [5, 5.41) is 11.4. The van der Waals surface area contributed by atoms with Gasteiger partial charge in [-0.3, -0.25) is 10.1 Å². The molecular formula is C8H11N3O2. The van der Waals surface area contributed by atoms with E-state index in [0.717, 1.165) is 6.42 Å². The second kappa shape index (κ2) is 4.39. The Hall–Kier alpha value is -1.65. The molecule has 0 aliphatic rings. The number of nitrogens with zero attached hydrogens (tertiary/aromatic N) is 2. The second-order valence-corrected chi connectivity index (χ2v) is 2.54. The first-order chi connectivity index (χ1) is 6.22. The summed E-state index contributed by atoms with van der Waals surface area (Å²) in [4.78, 5) is 18.4. The highest BCUT2D eigenvalue weighted by Crippen LogP contribution is 2.05. The van der Waals surface area contributed by atoms with Crippen LogP contribution >= 0.6 is 0 Å². The molecule has 5 heteroatoms. The van der Waals surface area contributed by atoms with Gasteiger partial charge in [0.1, 0.15) is 0 Å². The molecule has 13 heavy (non-hydrogen) atoms. The number of carbonyl (C=O) groups is 1. The predicted octanol–water partition coefficient (Wildman–Crippen LogP) is 0.921. The lowest BCUT2D eigenvalue weighted by molar-refractivity contribution is -0.116. The van der Waals surface area contributed by atoms with Gasteiger partial charge in [0.05, 0.1) is 0 Å². The number of nitrogens with one attached hydrogen (secondary N) is 1. The number of aromatic hydroxyl groups is 1. The average Bonchev–Trinajstić information content (AvgIpc) is 2.04. The van der Waals surface area contributed by atoms with E-state index in [2.05, 4.69) is 15.3 Å². The Balaban J connectivity index is 2.58. The van der Waals surface area contributed by atoms with Crippen molar-refractivity contribution in [3.8, 4) is 5.88 Å². The van der Waals surface area contributed by atoms with Gasteiger partial charge >= 0.3 is 0 Å². The molecule has 0 aromatic carbocycles. The van der Waals surface area contributed by atoms with Gasteiger partial charge in [-0.2, -0.15) is 4.98 Å². The zero-order chi connectivity index (χ0) is 9.68. The monoisotopic (exact) mass is 181 g/mol. The summed E-state index contributed by atoms with van der Waals surface area (Å²) < 4.78 is 0. The van der Waals surface area contributed by atoms with Crippen molar-refractivity contribution < 1.29 is 9.90 Å². The highest BCUT2D eigenvalue weighted by molar-refractivity contribution is 5.88. The molecule has 0 saturated heterocycles. The molecule has 0 radical (unpaired) electrons. The van der Waals surface area contributed by atoms with E-state index in [1.165, 1.54) is 12.3 Å². The van der Waals surface area contributed by atoms with Crippen molar-refractivity contribution in [2.75, 3.05) is 5.32 Å². The van der Waals surface area contributed by atoms with Gasteiger partial charge in [0.2, 0.25) is 17.7 Å². The number of hydrogen-bond donors (Lipinski definition) is 2. The highest BCUT2D eigenvalue weighted by atomic mass is 16.3. The third kappa shape index (κ3) is 3.06. The third-order valence-electron chi connectivity index (χ3n) is 1.37. The Morgan fingerprint density at radius 2 is 2.46 bits per heavy atom. The highest BCUT2D eigenvalue weighted by Gasteiger charge is 2.02. The van der Waals surface area contributed by atoms with E-state index in [0.29, 0.717) is 6.42 Å². The number of amides is 1.